The van der Waals surface area contributed by atoms with Crippen molar-refractivity contribution >= 4 is 5.91 Å². The molecule has 2 rings (SSSR count). The topological polar surface area (TPSA) is 32.3 Å². The van der Waals surface area contributed by atoms with Crippen molar-refractivity contribution in [2.24, 2.45) is 11.8 Å². The van der Waals surface area contributed by atoms with Gasteiger partial charge in [-0.15, -0.1) is 0 Å². The number of nitrogens with one attached hydrogen (secondary N) is 1. The van der Waals surface area contributed by atoms with Gasteiger partial charge in [-0.25, -0.2) is 0 Å². The first-order valence-electron chi connectivity index (χ1n) is 7.62. The van der Waals surface area contributed by atoms with Crippen LogP contribution >= 0.6 is 0 Å². The molecular formula is C17H26N2O. The molecule has 0 saturated carbocycles. The Morgan fingerprint density at radius 1 is 1.15 bits per heavy atom. The second-order valence-corrected chi connectivity index (χ2v) is 6.41. The Labute approximate surface area is 122 Å². The zero-order valence-corrected chi connectivity index (χ0v) is 13.0. The molecule has 0 aromatic heterocycles. The van der Waals surface area contributed by atoms with Crippen molar-refractivity contribution in [2.45, 2.75) is 46.3 Å². The van der Waals surface area contributed by atoms with Crippen LogP contribution in [0.1, 0.15) is 45.7 Å². The lowest BCUT2D eigenvalue weighted by molar-refractivity contribution is -0.130. The number of carbonyl (C=O) groups is 1. The van der Waals surface area contributed by atoms with Crippen LogP contribution in [0.5, 0.6) is 0 Å². The van der Waals surface area contributed by atoms with Crippen LogP contribution in [0.15, 0.2) is 30.3 Å². The molecule has 1 aliphatic heterocycles. The van der Waals surface area contributed by atoms with Gasteiger partial charge in [0.2, 0.25) is 5.91 Å². The maximum atomic E-state index is 12.7. The number of benzene rings is 1. The highest BCUT2D eigenvalue weighted by Crippen LogP contribution is 2.27. The zero-order chi connectivity index (χ0) is 14.7. The molecule has 0 aliphatic carbocycles. The Kier molecular flexibility index (Phi) is 4.81. The lowest BCUT2D eigenvalue weighted by Crippen LogP contribution is -2.42. The molecule has 1 aromatic rings. The van der Waals surface area contributed by atoms with Crippen LogP contribution in [0.25, 0.3) is 0 Å². The Morgan fingerprint density at radius 2 is 1.80 bits per heavy atom. The second kappa shape index (κ2) is 6.40. The van der Waals surface area contributed by atoms with Crippen molar-refractivity contribution in [2.75, 3.05) is 6.54 Å². The van der Waals surface area contributed by atoms with E-state index in [9.17, 15) is 4.79 Å². The minimum absolute atomic E-state index is 0.145. The van der Waals surface area contributed by atoms with E-state index in [-0.39, 0.29) is 18.1 Å². The van der Waals surface area contributed by atoms with Gasteiger partial charge in [-0.3, -0.25) is 10.1 Å². The Hall–Kier alpha value is -1.35. The molecule has 1 fully saturated rings. The van der Waals surface area contributed by atoms with E-state index in [1.165, 1.54) is 0 Å². The van der Waals surface area contributed by atoms with E-state index in [1.54, 1.807) is 0 Å². The molecule has 3 nitrogen and oxygen atoms in total. The predicted molar refractivity (Wildman–Crippen MR) is 82.1 cm³/mol. The average Bonchev–Trinajstić information content (AvgIpc) is 2.75. The largest absolute Gasteiger partial charge is 0.325 e. The summed E-state index contributed by atoms with van der Waals surface area (Å²) in [6, 6.07) is 9.84. The number of carbonyl (C=O) groups excluding carboxylic acids is 1. The lowest BCUT2D eigenvalue weighted by atomic mass is 10.1. The van der Waals surface area contributed by atoms with Gasteiger partial charge in [-0.05, 0) is 23.8 Å². The molecule has 2 unspecified atom stereocenters. The van der Waals surface area contributed by atoms with Crippen molar-refractivity contribution in [3.05, 3.63) is 35.9 Å². The van der Waals surface area contributed by atoms with Gasteiger partial charge in [0.05, 0.1) is 6.17 Å². The standard InChI is InChI=1S/C17H26N2O/c1-12(2)10-11-19-16(13(3)4)18-15(17(19)20)14-8-6-5-7-9-14/h5-9,12-13,15-16,18H,10-11H2,1-4H3. The highest BCUT2D eigenvalue weighted by molar-refractivity contribution is 5.85. The summed E-state index contributed by atoms with van der Waals surface area (Å²) in [4.78, 5) is 14.7. The fourth-order valence-corrected chi connectivity index (χ4v) is 2.72. The number of amides is 1. The number of hydrogen-bond acceptors (Lipinski definition) is 2. The monoisotopic (exact) mass is 274 g/mol. The van der Waals surface area contributed by atoms with Crippen molar-refractivity contribution in [3.63, 3.8) is 0 Å². The minimum atomic E-state index is -0.184. The summed E-state index contributed by atoms with van der Waals surface area (Å²) in [6.45, 7) is 9.58. The maximum Gasteiger partial charge on any atom is 0.245 e. The van der Waals surface area contributed by atoms with E-state index in [1.807, 2.05) is 35.2 Å². The van der Waals surface area contributed by atoms with Gasteiger partial charge >= 0.3 is 0 Å². The molecule has 1 amide bonds. The molecule has 20 heavy (non-hydrogen) atoms. The highest BCUT2D eigenvalue weighted by Gasteiger charge is 2.40. The summed E-state index contributed by atoms with van der Waals surface area (Å²) in [6.07, 6.45) is 1.20. The van der Waals surface area contributed by atoms with Crippen LogP contribution < -0.4 is 5.32 Å². The zero-order valence-electron chi connectivity index (χ0n) is 13.0. The summed E-state index contributed by atoms with van der Waals surface area (Å²) in [7, 11) is 0. The van der Waals surface area contributed by atoms with E-state index in [0.717, 1.165) is 18.5 Å². The van der Waals surface area contributed by atoms with Crippen LogP contribution in [0.4, 0.5) is 0 Å². The van der Waals surface area contributed by atoms with E-state index in [0.29, 0.717) is 11.8 Å². The van der Waals surface area contributed by atoms with Gasteiger partial charge in [-0.2, -0.15) is 0 Å². The van der Waals surface area contributed by atoms with E-state index in [2.05, 4.69) is 33.0 Å². The number of nitrogens with zero attached hydrogens (tertiary/aromatic N) is 1. The van der Waals surface area contributed by atoms with Gasteiger partial charge in [0.1, 0.15) is 6.04 Å². The summed E-state index contributed by atoms with van der Waals surface area (Å²) in [5, 5.41) is 3.51. The molecule has 0 bridgehead atoms. The van der Waals surface area contributed by atoms with Crippen LogP contribution in [0.2, 0.25) is 0 Å². The molecule has 0 radical (unpaired) electrons. The lowest BCUT2D eigenvalue weighted by Gasteiger charge is -2.27. The van der Waals surface area contributed by atoms with E-state index < -0.39 is 0 Å². The van der Waals surface area contributed by atoms with Gasteiger partial charge in [0.15, 0.2) is 0 Å². The molecule has 1 N–H and O–H groups in total. The Balaban J connectivity index is 2.16. The fraction of sp³-hybridized carbons (Fsp3) is 0.588. The Bertz CT molecular complexity index is 442. The molecule has 110 valence electrons. The third-order valence-corrected chi connectivity index (χ3v) is 3.91. The SMILES string of the molecule is CC(C)CCN1C(=O)C(c2ccccc2)NC1C(C)C. The van der Waals surface area contributed by atoms with Gasteiger partial charge in [0.25, 0.3) is 0 Å². The first kappa shape index (κ1) is 15.0. The Morgan fingerprint density at radius 3 is 2.35 bits per heavy atom. The summed E-state index contributed by atoms with van der Waals surface area (Å²) < 4.78 is 0. The molecule has 2 atom stereocenters. The molecular weight excluding hydrogens is 248 g/mol. The average molecular weight is 274 g/mol. The summed E-state index contributed by atoms with van der Waals surface area (Å²) in [5.41, 5.74) is 1.06. The molecule has 0 spiro atoms. The molecule has 1 aromatic carbocycles. The maximum absolute atomic E-state index is 12.7. The predicted octanol–water partition coefficient (Wildman–Crippen LogP) is 3.19. The quantitative estimate of drug-likeness (QED) is 0.894. The van der Waals surface area contributed by atoms with Crippen LogP contribution in [-0.2, 0) is 4.79 Å². The third kappa shape index (κ3) is 3.21. The first-order valence-corrected chi connectivity index (χ1v) is 7.62. The van der Waals surface area contributed by atoms with Gasteiger partial charge in [-0.1, -0.05) is 58.0 Å². The third-order valence-electron chi connectivity index (χ3n) is 3.91. The molecule has 1 saturated heterocycles. The minimum Gasteiger partial charge on any atom is -0.325 e. The van der Waals surface area contributed by atoms with Gasteiger partial charge < -0.3 is 4.90 Å². The van der Waals surface area contributed by atoms with Crippen LogP contribution in [-0.4, -0.2) is 23.5 Å². The van der Waals surface area contributed by atoms with Crippen LogP contribution in [0.3, 0.4) is 0 Å². The summed E-state index contributed by atoms with van der Waals surface area (Å²) in [5.74, 6) is 1.25. The van der Waals surface area contributed by atoms with Crippen molar-refractivity contribution < 1.29 is 4.79 Å². The van der Waals surface area contributed by atoms with Crippen molar-refractivity contribution in [1.82, 2.24) is 10.2 Å². The normalized spacial score (nSPS) is 23.1. The molecule has 1 aliphatic rings. The van der Waals surface area contributed by atoms with Gasteiger partial charge in [0, 0.05) is 6.54 Å². The van der Waals surface area contributed by atoms with E-state index in [4.69, 9.17) is 0 Å². The van der Waals surface area contributed by atoms with Crippen LogP contribution in [0, 0.1) is 11.8 Å². The number of rotatable bonds is 5. The molecule has 1 heterocycles. The van der Waals surface area contributed by atoms with E-state index >= 15 is 0 Å². The number of hydrogen-bond donors (Lipinski definition) is 1. The fourth-order valence-electron chi connectivity index (χ4n) is 2.72. The summed E-state index contributed by atoms with van der Waals surface area (Å²) >= 11 is 0. The van der Waals surface area contributed by atoms with Crippen molar-refractivity contribution in [3.8, 4) is 0 Å². The smallest absolute Gasteiger partial charge is 0.245 e. The molecule has 3 heteroatoms. The second-order valence-electron chi connectivity index (χ2n) is 6.41. The van der Waals surface area contributed by atoms with Crippen molar-refractivity contribution in [1.29, 1.82) is 0 Å². The highest BCUT2D eigenvalue weighted by atomic mass is 16.2. The first-order chi connectivity index (χ1) is 9.50.